The smallest absolute Gasteiger partial charge is 0.253 e. The fourth-order valence-electron chi connectivity index (χ4n) is 3.70. The molecule has 2 fully saturated rings. The van der Waals surface area contributed by atoms with Gasteiger partial charge in [0.05, 0.1) is 0 Å². The van der Waals surface area contributed by atoms with E-state index in [2.05, 4.69) is 10.2 Å². The summed E-state index contributed by atoms with van der Waals surface area (Å²) in [7, 11) is 0. The molecule has 1 saturated heterocycles. The third kappa shape index (κ3) is 3.27. The second kappa shape index (κ2) is 6.68. The van der Waals surface area contributed by atoms with E-state index < -0.39 is 0 Å². The van der Waals surface area contributed by atoms with Crippen LogP contribution in [0.1, 0.15) is 59.7 Å². The maximum Gasteiger partial charge on any atom is 0.253 e. The first-order chi connectivity index (χ1) is 13.3. The van der Waals surface area contributed by atoms with E-state index in [1.54, 1.807) is 0 Å². The Bertz CT molecular complexity index is 918. The molecular formula is C21H22N4O2. The molecule has 1 amide bonds. The monoisotopic (exact) mass is 362 g/mol. The van der Waals surface area contributed by atoms with Crippen LogP contribution in [-0.4, -0.2) is 38.7 Å². The fraction of sp³-hybridized carbons (Fsp3) is 0.381. The molecule has 3 aromatic rings. The number of carbonyl (C=O) groups is 1. The van der Waals surface area contributed by atoms with Gasteiger partial charge < -0.3 is 13.9 Å². The van der Waals surface area contributed by atoms with E-state index in [0.29, 0.717) is 5.92 Å². The molecule has 0 unspecified atom stereocenters. The lowest BCUT2D eigenvalue weighted by Gasteiger charge is -2.30. The van der Waals surface area contributed by atoms with Gasteiger partial charge in [0.2, 0.25) is 11.8 Å². The minimum atomic E-state index is 0.0942. The molecule has 27 heavy (non-hydrogen) atoms. The van der Waals surface area contributed by atoms with Crippen molar-refractivity contribution in [2.24, 2.45) is 0 Å². The number of nitrogens with zero attached hydrogens (tertiary/aromatic N) is 4. The van der Waals surface area contributed by atoms with Gasteiger partial charge in [-0.05, 0) is 62.1 Å². The van der Waals surface area contributed by atoms with E-state index in [1.807, 2.05) is 58.3 Å². The predicted molar refractivity (Wildman–Crippen MR) is 99.9 cm³/mol. The summed E-state index contributed by atoms with van der Waals surface area (Å²) < 4.78 is 7.88. The van der Waals surface area contributed by atoms with Crippen molar-refractivity contribution in [1.29, 1.82) is 0 Å². The molecule has 6 heteroatoms. The molecule has 1 aliphatic heterocycles. The number of hydrogen-bond acceptors (Lipinski definition) is 4. The molecule has 0 radical (unpaired) electrons. The van der Waals surface area contributed by atoms with Crippen molar-refractivity contribution in [3.63, 3.8) is 0 Å². The van der Waals surface area contributed by atoms with Crippen molar-refractivity contribution in [3.8, 4) is 5.69 Å². The Labute approximate surface area is 157 Å². The van der Waals surface area contributed by atoms with Crippen LogP contribution in [0.15, 0.2) is 53.2 Å². The number of rotatable bonds is 4. The number of likely N-dealkylation sites (tertiary alicyclic amines) is 1. The predicted octanol–water partition coefficient (Wildman–Crippen LogP) is 3.76. The molecule has 1 aliphatic carbocycles. The molecule has 5 rings (SSSR count). The quantitative estimate of drug-likeness (QED) is 0.709. The van der Waals surface area contributed by atoms with E-state index in [4.69, 9.17) is 4.42 Å². The summed E-state index contributed by atoms with van der Waals surface area (Å²) in [5, 5.41) is 8.43. The van der Waals surface area contributed by atoms with Gasteiger partial charge in [0.25, 0.3) is 5.91 Å². The number of piperidine rings is 1. The normalized spacial score (nSPS) is 18.0. The highest BCUT2D eigenvalue weighted by atomic mass is 16.4. The third-order valence-electron chi connectivity index (χ3n) is 5.53. The Morgan fingerprint density at radius 1 is 0.889 bits per heavy atom. The van der Waals surface area contributed by atoms with Gasteiger partial charge in [-0.25, -0.2) is 0 Å². The zero-order chi connectivity index (χ0) is 18.2. The molecule has 0 spiro atoms. The Hall–Kier alpha value is -2.89. The zero-order valence-electron chi connectivity index (χ0n) is 15.1. The molecule has 0 bridgehead atoms. The van der Waals surface area contributed by atoms with Crippen molar-refractivity contribution in [2.45, 2.75) is 37.5 Å². The van der Waals surface area contributed by atoms with Gasteiger partial charge in [0.1, 0.15) is 0 Å². The summed E-state index contributed by atoms with van der Waals surface area (Å²) in [6.07, 6.45) is 8.07. The third-order valence-corrected chi connectivity index (χ3v) is 5.53. The van der Waals surface area contributed by atoms with Crippen LogP contribution in [0.3, 0.4) is 0 Å². The molecule has 0 atom stereocenters. The molecule has 3 heterocycles. The van der Waals surface area contributed by atoms with E-state index in [-0.39, 0.29) is 11.8 Å². The van der Waals surface area contributed by atoms with Gasteiger partial charge in [-0.2, -0.15) is 0 Å². The lowest BCUT2D eigenvalue weighted by atomic mass is 9.96. The van der Waals surface area contributed by atoms with Crippen LogP contribution in [0.5, 0.6) is 0 Å². The molecule has 1 aromatic carbocycles. The van der Waals surface area contributed by atoms with Crippen LogP contribution in [-0.2, 0) is 0 Å². The lowest BCUT2D eigenvalue weighted by molar-refractivity contribution is 0.0706. The number of hydrogen-bond donors (Lipinski definition) is 0. The molecule has 2 aromatic heterocycles. The van der Waals surface area contributed by atoms with Gasteiger partial charge in [-0.3, -0.25) is 4.79 Å². The molecule has 1 saturated carbocycles. The number of carbonyl (C=O) groups excluding carboxylic acids is 1. The molecule has 0 N–H and O–H groups in total. The molecule has 138 valence electrons. The average molecular weight is 362 g/mol. The number of aromatic nitrogens is 3. The Morgan fingerprint density at radius 2 is 1.48 bits per heavy atom. The van der Waals surface area contributed by atoms with Crippen LogP contribution >= 0.6 is 0 Å². The van der Waals surface area contributed by atoms with Crippen molar-refractivity contribution < 1.29 is 9.21 Å². The average Bonchev–Trinajstić information content (AvgIpc) is 3.22. The Morgan fingerprint density at radius 3 is 2.07 bits per heavy atom. The van der Waals surface area contributed by atoms with Crippen molar-refractivity contribution in [1.82, 2.24) is 19.7 Å². The first-order valence-electron chi connectivity index (χ1n) is 9.64. The Balaban J connectivity index is 1.21. The van der Waals surface area contributed by atoms with Crippen molar-refractivity contribution >= 4 is 5.91 Å². The van der Waals surface area contributed by atoms with Gasteiger partial charge in [0, 0.05) is 48.6 Å². The van der Waals surface area contributed by atoms with E-state index in [1.165, 1.54) is 0 Å². The standard InChI is InChI=1S/C21H22N4O2/c26-21(17-5-7-18(8-6-17)24-11-1-2-12-24)25-13-9-16(10-14-25)20-23-22-19(27-20)15-3-4-15/h1-2,5-8,11-12,15-16H,3-4,9-10,13-14H2. The minimum Gasteiger partial charge on any atom is -0.425 e. The molecule has 6 nitrogen and oxygen atoms in total. The maximum atomic E-state index is 12.8. The van der Waals surface area contributed by atoms with Gasteiger partial charge in [0.15, 0.2) is 0 Å². The first kappa shape index (κ1) is 16.3. The number of amides is 1. The van der Waals surface area contributed by atoms with E-state index in [9.17, 15) is 4.79 Å². The highest BCUT2D eigenvalue weighted by Crippen LogP contribution is 2.40. The van der Waals surface area contributed by atoms with Crippen LogP contribution < -0.4 is 0 Å². The number of benzene rings is 1. The SMILES string of the molecule is O=C(c1ccc(-n2cccc2)cc1)N1CCC(c2nnc(C3CC3)o2)CC1. The van der Waals surface area contributed by atoms with Gasteiger partial charge in [-0.1, -0.05) is 0 Å². The van der Waals surface area contributed by atoms with Gasteiger partial charge >= 0.3 is 0 Å². The summed E-state index contributed by atoms with van der Waals surface area (Å²) >= 11 is 0. The van der Waals surface area contributed by atoms with Crippen LogP contribution in [0.2, 0.25) is 0 Å². The highest BCUT2D eigenvalue weighted by Gasteiger charge is 2.32. The minimum absolute atomic E-state index is 0.0942. The van der Waals surface area contributed by atoms with Crippen molar-refractivity contribution in [3.05, 3.63) is 66.1 Å². The van der Waals surface area contributed by atoms with E-state index >= 15 is 0 Å². The summed E-state index contributed by atoms with van der Waals surface area (Å²) in [4.78, 5) is 14.7. The van der Waals surface area contributed by atoms with Crippen LogP contribution in [0, 0.1) is 0 Å². The largest absolute Gasteiger partial charge is 0.425 e. The van der Waals surface area contributed by atoms with Crippen LogP contribution in [0.4, 0.5) is 0 Å². The summed E-state index contributed by atoms with van der Waals surface area (Å²) in [6, 6.07) is 11.8. The molecular weight excluding hydrogens is 340 g/mol. The van der Waals surface area contributed by atoms with Crippen LogP contribution in [0.25, 0.3) is 5.69 Å². The second-order valence-corrected chi connectivity index (χ2v) is 7.46. The summed E-state index contributed by atoms with van der Waals surface area (Å²) in [6.45, 7) is 1.45. The topological polar surface area (TPSA) is 64.2 Å². The Kier molecular flexibility index (Phi) is 4.03. The maximum absolute atomic E-state index is 12.8. The van der Waals surface area contributed by atoms with Gasteiger partial charge in [-0.15, -0.1) is 10.2 Å². The van der Waals surface area contributed by atoms with Crippen molar-refractivity contribution in [2.75, 3.05) is 13.1 Å². The molecule has 2 aliphatic rings. The lowest BCUT2D eigenvalue weighted by Crippen LogP contribution is -2.38. The highest BCUT2D eigenvalue weighted by molar-refractivity contribution is 5.94. The first-order valence-corrected chi connectivity index (χ1v) is 9.64. The fourth-order valence-corrected chi connectivity index (χ4v) is 3.70. The summed E-state index contributed by atoms with van der Waals surface area (Å²) in [5.41, 5.74) is 1.79. The summed E-state index contributed by atoms with van der Waals surface area (Å²) in [5.74, 6) is 2.40. The second-order valence-electron chi connectivity index (χ2n) is 7.46. The van der Waals surface area contributed by atoms with E-state index in [0.717, 1.165) is 61.8 Å². The zero-order valence-corrected chi connectivity index (χ0v) is 15.1.